The first-order valence-electron chi connectivity index (χ1n) is 7.34. The van der Waals surface area contributed by atoms with E-state index in [0.717, 1.165) is 12.8 Å². The van der Waals surface area contributed by atoms with Gasteiger partial charge in [-0.25, -0.2) is 0 Å². The van der Waals surface area contributed by atoms with Gasteiger partial charge in [-0.05, 0) is 18.9 Å². The van der Waals surface area contributed by atoms with Crippen LogP contribution < -0.4 is 4.74 Å². The molecule has 0 aliphatic carbocycles. The Morgan fingerprint density at radius 2 is 2.29 bits per heavy atom. The quantitative estimate of drug-likeness (QED) is 0.620. The Kier molecular flexibility index (Phi) is 4.66. The van der Waals surface area contributed by atoms with E-state index in [1.807, 2.05) is 0 Å². The van der Waals surface area contributed by atoms with Crippen molar-refractivity contribution >= 4 is 23.4 Å². The molecule has 1 fully saturated rings. The number of ether oxygens (including phenoxy) is 1. The highest BCUT2D eigenvalue weighted by molar-refractivity contribution is 6.31. The SMILES string of the molecule is O=C(c1ccc([N+](=O)[O-])o1)N1CCCC(Oc2ccncc2Cl)C1. The van der Waals surface area contributed by atoms with Crippen LogP contribution in [0, 0.1) is 10.1 Å². The molecule has 0 radical (unpaired) electrons. The van der Waals surface area contributed by atoms with Crippen molar-refractivity contribution in [2.75, 3.05) is 13.1 Å². The first-order valence-corrected chi connectivity index (χ1v) is 7.72. The summed E-state index contributed by atoms with van der Waals surface area (Å²) in [5.41, 5.74) is 0. The van der Waals surface area contributed by atoms with Crippen LogP contribution in [-0.4, -0.2) is 39.9 Å². The lowest BCUT2D eigenvalue weighted by molar-refractivity contribution is -0.402. The maximum atomic E-state index is 12.4. The number of nitrogens with zero attached hydrogens (tertiary/aromatic N) is 3. The molecule has 9 heteroatoms. The molecule has 2 aromatic heterocycles. The van der Waals surface area contributed by atoms with E-state index in [1.54, 1.807) is 17.2 Å². The second-order valence-corrected chi connectivity index (χ2v) is 5.74. The van der Waals surface area contributed by atoms with Crippen LogP contribution in [-0.2, 0) is 0 Å². The third-order valence-electron chi connectivity index (χ3n) is 3.68. The minimum Gasteiger partial charge on any atom is -0.487 e. The second kappa shape index (κ2) is 6.88. The van der Waals surface area contributed by atoms with E-state index in [-0.39, 0.29) is 11.9 Å². The van der Waals surface area contributed by atoms with Crippen LogP contribution in [0.2, 0.25) is 5.02 Å². The predicted octanol–water partition coefficient (Wildman–Crippen LogP) is 2.92. The van der Waals surface area contributed by atoms with Crippen molar-refractivity contribution in [1.82, 2.24) is 9.88 Å². The van der Waals surface area contributed by atoms with E-state index in [0.29, 0.717) is 23.9 Å². The Morgan fingerprint density at radius 1 is 1.46 bits per heavy atom. The summed E-state index contributed by atoms with van der Waals surface area (Å²) in [7, 11) is 0. The molecule has 1 unspecified atom stereocenters. The highest BCUT2D eigenvalue weighted by atomic mass is 35.5. The van der Waals surface area contributed by atoms with Gasteiger partial charge in [0.1, 0.15) is 21.8 Å². The van der Waals surface area contributed by atoms with E-state index < -0.39 is 16.7 Å². The van der Waals surface area contributed by atoms with E-state index in [9.17, 15) is 14.9 Å². The average molecular weight is 352 g/mol. The molecule has 24 heavy (non-hydrogen) atoms. The Balaban J connectivity index is 1.67. The summed E-state index contributed by atoms with van der Waals surface area (Å²) in [5.74, 6) is -0.382. The van der Waals surface area contributed by atoms with Crippen LogP contribution in [0.5, 0.6) is 5.75 Å². The zero-order chi connectivity index (χ0) is 17.1. The van der Waals surface area contributed by atoms with Gasteiger partial charge < -0.3 is 14.1 Å². The molecule has 0 aromatic carbocycles. The van der Waals surface area contributed by atoms with Crippen molar-refractivity contribution in [2.24, 2.45) is 0 Å². The number of halogens is 1. The fourth-order valence-corrected chi connectivity index (χ4v) is 2.72. The number of nitro groups is 1. The lowest BCUT2D eigenvalue weighted by Crippen LogP contribution is -2.44. The Labute approximate surface area is 142 Å². The van der Waals surface area contributed by atoms with Gasteiger partial charge in [0, 0.05) is 25.0 Å². The maximum Gasteiger partial charge on any atom is 0.433 e. The number of furan rings is 1. The summed E-state index contributed by atoms with van der Waals surface area (Å²) >= 11 is 6.02. The molecule has 3 rings (SSSR count). The first kappa shape index (κ1) is 16.3. The number of hydrogen-bond acceptors (Lipinski definition) is 6. The van der Waals surface area contributed by atoms with E-state index in [1.165, 1.54) is 18.3 Å². The molecule has 1 amide bonds. The number of carbonyl (C=O) groups excluding carboxylic acids is 1. The fraction of sp³-hybridized carbons (Fsp3) is 0.333. The summed E-state index contributed by atoms with van der Waals surface area (Å²) in [4.78, 5) is 27.8. The molecule has 1 atom stereocenters. The molecule has 0 spiro atoms. The van der Waals surface area contributed by atoms with Crippen molar-refractivity contribution in [3.05, 3.63) is 51.5 Å². The van der Waals surface area contributed by atoms with Gasteiger partial charge in [-0.1, -0.05) is 11.6 Å². The van der Waals surface area contributed by atoms with Crippen molar-refractivity contribution < 1.29 is 18.9 Å². The lowest BCUT2D eigenvalue weighted by atomic mass is 10.1. The monoisotopic (exact) mass is 351 g/mol. The largest absolute Gasteiger partial charge is 0.487 e. The topological polar surface area (TPSA) is 98.7 Å². The minimum absolute atomic E-state index is 0.0516. The molecular formula is C15H14ClN3O5. The molecule has 1 aliphatic rings. The molecule has 0 N–H and O–H groups in total. The number of likely N-dealkylation sites (tertiary alicyclic amines) is 1. The summed E-state index contributed by atoms with van der Waals surface area (Å²) in [6.45, 7) is 0.892. The number of aromatic nitrogens is 1. The van der Waals surface area contributed by atoms with Crippen LogP contribution >= 0.6 is 11.6 Å². The molecule has 1 aliphatic heterocycles. The number of amides is 1. The fourth-order valence-electron chi connectivity index (χ4n) is 2.55. The van der Waals surface area contributed by atoms with Crippen LogP contribution in [0.1, 0.15) is 23.4 Å². The van der Waals surface area contributed by atoms with Crippen molar-refractivity contribution in [3.63, 3.8) is 0 Å². The number of pyridine rings is 1. The Hall–Kier alpha value is -2.61. The number of rotatable bonds is 4. The second-order valence-electron chi connectivity index (χ2n) is 5.33. The Morgan fingerprint density at radius 3 is 3.00 bits per heavy atom. The normalized spacial score (nSPS) is 17.5. The summed E-state index contributed by atoms with van der Waals surface area (Å²) in [6, 6.07) is 4.14. The van der Waals surface area contributed by atoms with Crippen LogP contribution in [0.4, 0.5) is 5.88 Å². The van der Waals surface area contributed by atoms with Gasteiger partial charge in [0.25, 0.3) is 5.91 Å². The van der Waals surface area contributed by atoms with Crippen molar-refractivity contribution in [2.45, 2.75) is 18.9 Å². The number of piperidine rings is 1. The van der Waals surface area contributed by atoms with E-state index >= 15 is 0 Å². The molecule has 2 aromatic rings. The van der Waals surface area contributed by atoms with Gasteiger partial charge in [-0.2, -0.15) is 0 Å². The molecule has 3 heterocycles. The van der Waals surface area contributed by atoms with Crippen LogP contribution in [0.15, 0.2) is 35.0 Å². The summed E-state index contributed by atoms with van der Waals surface area (Å²) in [5, 5.41) is 11.1. The van der Waals surface area contributed by atoms with E-state index in [2.05, 4.69) is 4.98 Å². The zero-order valence-electron chi connectivity index (χ0n) is 12.6. The highest BCUT2D eigenvalue weighted by Crippen LogP contribution is 2.26. The smallest absolute Gasteiger partial charge is 0.433 e. The minimum atomic E-state index is -0.676. The lowest BCUT2D eigenvalue weighted by Gasteiger charge is -2.32. The number of carbonyl (C=O) groups is 1. The van der Waals surface area contributed by atoms with E-state index in [4.69, 9.17) is 20.8 Å². The molecule has 126 valence electrons. The van der Waals surface area contributed by atoms with Gasteiger partial charge in [0.05, 0.1) is 12.6 Å². The Bertz CT molecular complexity index is 763. The molecular weight excluding hydrogens is 338 g/mol. The third kappa shape index (κ3) is 3.48. The first-order chi connectivity index (χ1) is 11.5. The van der Waals surface area contributed by atoms with Gasteiger partial charge in [0.15, 0.2) is 5.76 Å². The molecule has 0 saturated carbocycles. The predicted molar refractivity (Wildman–Crippen MR) is 84.2 cm³/mol. The molecule has 8 nitrogen and oxygen atoms in total. The van der Waals surface area contributed by atoms with Crippen LogP contribution in [0.3, 0.4) is 0 Å². The molecule has 0 bridgehead atoms. The third-order valence-corrected chi connectivity index (χ3v) is 3.96. The highest BCUT2D eigenvalue weighted by Gasteiger charge is 2.28. The van der Waals surface area contributed by atoms with Gasteiger partial charge in [-0.3, -0.25) is 19.9 Å². The summed E-state index contributed by atoms with van der Waals surface area (Å²) in [6.07, 6.45) is 4.38. The van der Waals surface area contributed by atoms with Gasteiger partial charge in [0.2, 0.25) is 0 Å². The standard InChI is InChI=1S/C15H14ClN3O5/c16-11-8-17-6-5-12(11)23-10-2-1-7-18(9-10)15(20)13-3-4-14(24-13)19(21)22/h3-6,8,10H,1-2,7,9H2. The zero-order valence-corrected chi connectivity index (χ0v) is 13.3. The summed E-state index contributed by atoms with van der Waals surface area (Å²) < 4.78 is 10.8. The number of hydrogen-bond donors (Lipinski definition) is 0. The average Bonchev–Trinajstić information content (AvgIpc) is 3.07. The van der Waals surface area contributed by atoms with Gasteiger partial charge in [-0.15, -0.1) is 0 Å². The van der Waals surface area contributed by atoms with Gasteiger partial charge >= 0.3 is 5.88 Å². The van der Waals surface area contributed by atoms with Crippen LogP contribution in [0.25, 0.3) is 0 Å². The van der Waals surface area contributed by atoms with Crippen molar-refractivity contribution in [1.29, 1.82) is 0 Å². The maximum absolute atomic E-state index is 12.4. The molecule has 1 saturated heterocycles. The van der Waals surface area contributed by atoms with Crippen molar-refractivity contribution in [3.8, 4) is 5.75 Å².